The summed E-state index contributed by atoms with van der Waals surface area (Å²) in [5.41, 5.74) is 4.15. The summed E-state index contributed by atoms with van der Waals surface area (Å²) in [6, 6.07) is 17.9. The van der Waals surface area contributed by atoms with E-state index in [1.807, 2.05) is 42.5 Å². The maximum absolute atomic E-state index is 12.3. The summed E-state index contributed by atoms with van der Waals surface area (Å²) in [6.45, 7) is 0. The Balaban J connectivity index is 1.85. The van der Waals surface area contributed by atoms with Gasteiger partial charge in [-0.1, -0.05) is 60.1 Å². The molecule has 1 atom stereocenters. The third kappa shape index (κ3) is 2.56. The van der Waals surface area contributed by atoms with E-state index in [0.29, 0.717) is 11.4 Å². The third-order valence-electron chi connectivity index (χ3n) is 4.16. The van der Waals surface area contributed by atoms with Crippen LogP contribution >= 0.6 is 22.9 Å². The Bertz CT molecular complexity index is 872. The Labute approximate surface area is 143 Å². The highest BCUT2D eigenvalue weighted by Gasteiger charge is 2.31. The smallest absolute Gasteiger partial charge is 0.225 e. The largest absolute Gasteiger partial charge is 0.325 e. The summed E-state index contributed by atoms with van der Waals surface area (Å²) in [5, 5.41) is 5.89. The summed E-state index contributed by atoms with van der Waals surface area (Å²) in [4.78, 5) is 13.4. The predicted molar refractivity (Wildman–Crippen MR) is 96.3 cm³/mol. The van der Waals surface area contributed by atoms with Crippen LogP contribution in [0.25, 0.3) is 11.1 Å². The molecule has 0 aliphatic carbocycles. The Hall–Kier alpha value is -2.10. The summed E-state index contributed by atoms with van der Waals surface area (Å²) < 4.78 is 0. The number of hydrogen-bond donors (Lipinski definition) is 1. The Kier molecular flexibility index (Phi) is 3.68. The van der Waals surface area contributed by atoms with Gasteiger partial charge in [0.05, 0.1) is 5.69 Å². The van der Waals surface area contributed by atoms with Crippen molar-refractivity contribution >= 4 is 34.5 Å². The Morgan fingerprint density at radius 1 is 1.04 bits per heavy atom. The number of thiophene rings is 1. The molecule has 0 saturated carbocycles. The van der Waals surface area contributed by atoms with Gasteiger partial charge in [0, 0.05) is 33.2 Å². The molecular weight excluding hydrogens is 326 g/mol. The molecule has 0 spiro atoms. The number of hydrogen-bond acceptors (Lipinski definition) is 2. The molecule has 2 heterocycles. The van der Waals surface area contributed by atoms with Crippen LogP contribution in [-0.4, -0.2) is 5.91 Å². The number of rotatable bonds is 2. The molecule has 4 rings (SSSR count). The SMILES string of the molecule is O=C1CC(c2ccccc2Cl)c2scc(-c3ccccc3)c2N1. The lowest BCUT2D eigenvalue weighted by molar-refractivity contribution is -0.116. The van der Waals surface area contributed by atoms with Crippen molar-refractivity contribution in [2.45, 2.75) is 12.3 Å². The van der Waals surface area contributed by atoms with Gasteiger partial charge in [0.1, 0.15) is 0 Å². The lowest BCUT2D eigenvalue weighted by Gasteiger charge is -2.24. The van der Waals surface area contributed by atoms with Gasteiger partial charge in [-0.25, -0.2) is 0 Å². The molecule has 2 aromatic carbocycles. The van der Waals surface area contributed by atoms with Crippen molar-refractivity contribution in [1.82, 2.24) is 0 Å². The first-order valence-electron chi connectivity index (χ1n) is 7.45. The number of fused-ring (bicyclic) bond motifs is 1. The standard InChI is InChI=1S/C19H14ClNOS/c20-16-9-5-4-8-13(16)14-10-17(22)21-18-15(11-23-19(14)18)12-6-2-1-3-7-12/h1-9,11,14H,10H2,(H,21,22). The molecule has 4 heteroatoms. The maximum atomic E-state index is 12.3. The van der Waals surface area contributed by atoms with E-state index in [0.717, 1.165) is 22.4 Å². The van der Waals surface area contributed by atoms with Crippen molar-refractivity contribution < 1.29 is 4.79 Å². The summed E-state index contributed by atoms with van der Waals surface area (Å²) in [7, 11) is 0. The lowest BCUT2D eigenvalue weighted by atomic mass is 9.89. The van der Waals surface area contributed by atoms with Gasteiger partial charge in [-0.05, 0) is 17.2 Å². The third-order valence-corrected chi connectivity index (χ3v) is 5.60. The average molecular weight is 340 g/mol. The number of halogens is 1. The molecule has 0 fully saturated rings. The number of carbonyl (C=O) groups excluding carboxylic acids is 1. The molecule has 0 bridgehead atoms. The van der Waals surface area contributed by atoms with Crippen molar-refractivity contribution in [3.8, 4) is 11.1 Å². The van der Waals surface area contributed by atoms with Crippen LogP contribution in [-0.2, 0) is 4.79 Å². The normalized spacial score (nSPS) is 16.7. The van der Waals surface area contributed by atoms with E-state index in [1.165, 1.54) is 4.88 Å². The molecule has 1 aliphatic rings. The molecule has 1 amide bonds. The molecule has 1 aliphatic heterocycles. The van der Waals surface area contributed by atoms with E-state index in [9.17, 15) is 4.79 Å². The lowest BCUT2D eigenvalue weighted by Crippen LogP contribution is -2.22. The van der Waals surface area contributed by atoms with Crippen LogP contribution in [0.3, 0.4) is 0 Å². The zero-order valence-corrected chi connectivity index (χ0v) is 13.8. The van der Waals surface area contributed by atoms with E-state index < -0.39 is 0 Å². The van der Waals surface area contributed by atoms with Crippen molar-refractivity contribution in [3.05, 3.63) is 75.4 Å². The van der Waals surface area contributed by atoms with E-state index in [-0.39, 0.29) is 11.8 Å². The van der Waals surface area contributed by atoms with Gasteiger partial charge < -0.3 is 5.32 Å². The molecule has 2 nitrogen and oxygen atoms in total. The van der Waals surface area contributed by atoms with Crippen LogP contribution in [0.15, 0.2) is 60.0 Å². The molecule has 1 N–H and O–H groups in total. The van der Waals surface area contributed by atoms with E-state index in [4.69, 9.17) is 11.6 Å². The van der Waals surface area contributed by atoms with Crippen LogP contribution < -0.4 is 5.32 Å². The first-order chi connectivity index (χ1) is 11.2. The Morgan fingerprint density at radius 3 is 2.57 bits per heavy atom. The maximum Gasteiger partial charge on any atom is 0.225 e. The monoisotopic (exact) mass is 339 g/mol. The number of nitrogens with one attached hydrogen (secondary N) is 1. The molecule has 23 heavy (non-hydrogen) atoms. The summed E-state index contributed by atoms with van der Waals surface area (Å²) in [6.07, 6.45) is 0.436. The van der Waals surface area contributed by atoms with Gasteiger partial charge in [0.2, 0.25) is 5.91 Å². The molecule has 3 aromatic rings. The van der Waals surface area contributed by atoms with E-state index >= 15 is 0 Å². The highest BCUT2D eigenvalue weighted by atomic mass is 35.5. The van der Waals surface area contributed by atoms with Gasteiger partial charge in [-0.15, -0.1) is 11.3 Å². The van der Waals surface area contributed by atoms with Gasteiger partial charge in [-0.2, -0.15) is 0 Å². The minimum atomic E-state index is 0.0231. The molecule has 1 aromatic heterocycles. The summed E-state index contributed by atoms with van der Waals surface area (Å²) >= 11 is 8.06. The highest BCUT2D eigenvalue weighted by Crippen LogP contribution is 2.47. The molecule has 0 saturated heterocycles. The minimum absolute atomic E-state index is 0.0231. The highest BCUT2D eigenvalue weighted by molar-refractivity contribution is 7.11. The van der Waals surface area contributed by atoms with Gasteiger partial charge in [0.25, 0.3) is 0 Å². The second kappa shape index (κ2) is 5.84. The number of anilines is 1. The van der Waals surface area contributed by atoms with Crippen molar-refractivity contribution in [2.75, 3.05) is 5.32 Å². The average Bonchev–Trinajstić information content (AvgIpc) is 2.99. The number of amides is 1. The molecular formula is C19H14ClNOS. The van der Waals surface area contributed by atoms with Gasteiger partial charge in [-0.3, -0.25) is 4.79 Å². The first kappa shape index (κ1) is 14.5. The van der Waals surface area contributed by atoms with Crippen molar-refractivity contribution in [1.29, 1.82) is 0 Å². The van der Waals surface area contributed by atoms with Crippen LogP contribution in [0.1, 0.15) is 22.8 Å². The van der Waals surface area contributed by atoms with E-state index in [2.05, 4.69) is 22.8 Å². The van der Waals surface area contributed by atoms with Gasteiger partial charge in [0.15, 0.2) is 0 Å². The summed E-state index contributed by atoms with van der Waals surface area (Å²) in [5.74, 6) is 0.0629. The molecule has 1 unspecified atom stereocenters. The number of benzene rings is 2. The fourth-order valence-electron chi connectivity index (χ4n) is 3.07. The van der Waals surface area contributed by atoms with Gasteiger partial charge >= 0.3 is 0 Å². The predicted octanol–water partition coefficient (Wildman–Crippen LogP) is 5.54. The minimum Gasteiger partial charge on any atom is -0.325 e. The topological polar surface area (TPSA) is 29.1 Å². The molecule has 114 valence electrons. The second-order valence-corrected chi connectivity index (χ2v) is 6.90. The van der Waals surface area contributed by atoms with E-state index in [1.54, 1.807) is 11.3 Å². The quantitative estimate of drug-likeness (QED) is 0.652. The zero-order valence-electron chi connectivity index (χ0n) is 12.3. The fourth-order valence-corrected chi connectivity index (χ4v) is 4.49. The Morgan fingerprint density at radius 2 is 1.78 bits per heavy atom. The van der Waals surface area contributed by atoms with Crippen molar-refractivity contribution in [3.63, 3.8) is 0 Å². The van der Waals surface area contributed by atoms with Crippen molar-refractivity contribution in [2.24, 2.45) is 0 Å². The van der Waals surface area contributed by atoms with Crippen LogP contribution in [0, 0.1) is 0 Å². The molecule has 0 radical (unpaired) electrons. The van der Waals surface area contributed by atoms with Crippen LogP contribution in [0.2, 0.25) is 5.02 Å². The number of carbonyl (C=O) groups is 1. The van der Waals surface area contributed by atoms with Crippen LogP contribution in [0.5, 0.6) is 0 Å². The van der Waals surface area contributed by atoms with Crippen LogP contribution in [0.4, 0.5) is 5.69 Å². The fraction of sp³-hybridized carbons (Fsp3) is 0.105. The zero-order chi connectivity index (χ0) is 15.8. The second-order valence-electron chi connectivity index (χ2n) is 5.58. The first-order valence-corrected chi connectivity index (χ1v) is 8.71.